The number of aromatic amines is 1. The summed E-state index contributed by atoms with van der Waals surface area (Å²) in [6, 6.07) is 4.55. The number of nitrogens with one attached hydrogen (secondary N) is 1. The predicted molar refractivity (Wildman–Crippen MR) is 68.5 cm³/mol. The molecule has 1 aromatic carbocycles. The van der Waals surface area contributed by atoms with Crippen LogP contribution >= 0.6 is 11.6 Å². The van der Waals surface area contributed by atoms with Crippen molar-refractivity contribution in [2.45, 2.75) is 26.2 Å². The maximum atomic E-state index is 13.6. The van der Waals surface area contributed by atoms with Crippen molar-refractivity contribution in [3.63, 3.8) is 0 Å². The molecule has 0 unspecified atom stereocenters. The molecular formula is C13H14ClFN2O. The van der Waals surface area contributed by atoms with E-state index in [4.69, 9.17) is 11.6 Å². The zero-order valence-corrected chi connectivity index (χ0v) is 10.8. The largest absolute Gasteiger partial charge is 0.492 e. The van der Waals surface area contributed by atoms with Gasteiger partial charge in [-0.1, -0.05) is 31.0 Å². The van der Waals surface area contributed by atoms with Gasteiger partial charge in [0.05, 0.1) is 5.69 Å². The number of hydrogen-bond acceptors (Lipinski definition) is 2. The summed E-state index contributed by atoms with van der Waals surface area (Å²) in [6.45, 7) is 2.01. The van der Waals surface area contributed by atoms with Crippen LogP contribution in [0, 0.1) is 5.82 Å². The van der Waals surface area contributed by atoms with Crippen molar-refractivity contribution in [2.24, 2.45) is 0 Å². The third-order valence-corrected chi connectivity index (χ3v) is 3.07. The summed E-state index contributed by atoms with van der Waals surface area (Å²) >= 11 is 5.94. The Hall–Kier alpha value is -1.55. The second kappa shape index (κ2) is 5.40. The molecule has 0 saturated carbocycles. The van der Waals surface area contributed by atoms with Gasteiger partial charge in [0.1, 0.15) is 11.6 Å². The normalized spacial score (nSPS) is 10.8. The molecule has 0 spiro atoms. The molecule has 0 aliphatic rings. The predicted octanol–water partition coefficient (Wildman–Crippen LogP) is 3.45. The highest BCUT2D eigenvalue weighted by atomic mass is 35.5. The minimum atomic E-state index is -0.365. The first-order valence-electron chi connectivity index (χ1n) is 5.81. The van der Waals surface area contributed by atoms with Crippen LogP contribution < -0.4 is 0 Å². The van der Waals surface area contributed by atoms with E-state index in [-0.39, 0.29) is 18.1 Å². The second-order valence-electron chi connectivity index (χ2n) is 4.11. The van der Waals surface area contributed by atoms with E-state index in [1.807, 2.05) is 6.92 Å². The molecular weight excluding hydrogens is 255 g/mol. The maximum Gasteiger partial charge on any atom is 0.232 e. The Labute approximate surface area is 110 Å². The number of aromatic hydroxyl groups is 1. The summed E-state index contributed by atoms with van der Waals surface area (Å²) in [7, 11) is 0. The molecule has 0 fully saturated rings. The highest BCUT2D eigenvalue weighted by molar-refractivity contribution is 6.31. The average Bonchev–Trinajstić information content (AvgIpc) is 2.66. The Kier molecular flexibility index (Phi) is 3.87. The lowest BCUT2D eigenvalue weighted by Crippen LogP contribution is -1.96. The zero-order chi connectivity index (χ0) is 13.1. The standard InChI is InChI=1S/C13H14ClFN2O/c1-2-4-11-13(18)17-12(16-11)7-8-9(14)5-3-6-10(8)15/h3,5-6,18H,2,4,7H2,1H3,(H,16,17). The fourth-order valence-electron chi connectivity index (χ4n) is 1.83. The molecule has 2 aromatic rings. The fourth-order valence-corrected chi connectivity index (χ4v) is 2.06. The number of aromatic nitrogens is 2. The molecule has 96 valence electrons. The molecule has 0 aliphatic heterocycles. The minimum Gasteiger partial charge on any atom is -0.492 e. The van der Waals surface area contributed by atoms with Gasteiger partial charge in [-0.25, -0.2) is 4.39 Å². The Morgan fingerprint density at radius 3 is 2.89 bits per heavy atom. The van der Waals surface area contributed by atoms with Gasteiger partial charge in [0.15, 0.2) is 0 Å². The molecule has 0 saturated heterocycles. The molecule has 3 nitrogen and oxygen atoms in total. The Morgan fingerprint density at radius 1 is 1.44 bits per heavy atom. The van der Waals surface area contributed by atoms with Crippen LogP contribution in [0.5, 0.6) is 5.88 Å². The van der Waals surface area contributed by atoms with Crippen LogP contribution in [-0.4, -0.2) is 15.1 Å². The van der Waals surface area contributed by atoms with E-state index < -0.39 is 0 Å². The first-order chi connectivity index (χ1) is 8.61. The van der Waals surface area contributed by atoms with Crippen LogP contribution in [0.3, 0.4) is 0 Å². The van der Waals surface area contributed by atoms with Crippen molar-refractivity contribution < 1.29 is 9.50 Å². The molecule has 2 rings (SSSR count). The van der Waals surface area contributed by atoms with Gasteiger partial charge < -0.3 is 10.1 Å². The lowest BCUT2D eigenvalue weighted by atomic mass is 10.1. The van der Waals surface area contributed by atoms with Gasteiger partial charge in [-0.15, -0.1) is 0 Å². The topological polar surface area (TPSA) is 48.9 Å². The number of nitrogens with zero attached hydrogens (tertiary/aromatic N) is 1. The van der Waals surface area contributed by atoms with Crippen LogP contribution in [-0.2, 0) is 12.8 Å². The smallest absolute Gasteiger partial charge is 0.232 e. The lowest BCUT2D eigenvalue weighted by molar-refractivity contribution is 0.448. The van der Waals surface area contributed by atoms with Gasteiger partial charge in [0, 0.05) is 17.0 Å². The SMILES string of the molecule is CCCc1[nH]c(Cc2c(F)cccc2Cl)nc1O. The Morgan fingerprint density at radius 2 is 2.22 bits per heavy atom. The van der Waals surface area contributed by atoms with Crippen molar-refractivity contribution in [3.05, 3.63) is 46.1 Å². The minimum absolute atomic E-state index is 0.0145. The van der Waals surface area contributed by atoms with E-state index >= 15 is 0 Å². The van der Waals surface area contributed by atoms with Crippen molar-refractivity contribution in [1.82, 2.24) is 9.97 Å². The first-order valence-corrected chi connectivity index (χ1v) is 6.19. The van der Waals surface area contributed by atoms with Gasteiger partial charge >= 0.3 is 0 Å². The number of hydrogen-bond donors (Lipinski definition) is 2. The van der Waals surface area contributed by atoms with Crippen molar-refractivity contribution >= 4 is 11.6 Å². The number of benzene rings is 1. The molecule has 5 heteroatoms. The van der Waals surface area contributed by atoms with Crippen molar-refractivity contribution in [1.29, 1.82) is 0 Å². The molecule has 2 N–H and O–H groups in total. The van der Waals surface area contributed by atoms with Crippen LogP contribution in [0.4, 0.5) is 4.39 Å². The van der Waals surface area contributed by atoms with Crippen LogP contribution in [0.1, 0.15) is 30.4 Å². The quantitative estimate of drug-likeness (QED) is 0.892. The van der Waals surface area contributed by atoms with Gasteiger partial charge in [0.25, 0.3) is 0 Å². The van der Waals surface area contributed by atoms with E-state index in [2.05, 4.69) is 9.97 Å². The second-order valence-corrected chi connectivity index (χ2v) is 4.52. The molecule has 0 bridgehead atoms. The highest BCUT2D eigenvalue weighted by Gasteiger charge is 2.13. The molecule has 0 amide bonds. The average molecular weight is 269 g/mol. The lowest BCUT2D eigenvalue weighted by Gasteiger charge is -2.03. The van der Waals surface area contributed by atoms with Crippen molar-refractivity contribution in [3.8, 4) is 5.88 Å². The zero-order valence-electron chi connectivity index (χ0n) is 10.0. The van der Waals surface area contributed by atoms with E-state index in [1.54, 1.807) is 12.1 Å². The highest BCUT2D eigenvalue weighted by Crippen LogP contribution is 2.23. The van der Waals surface area contributed by atoms with Crippen molar-refractivity contribution in [2.75, 3.05) is 0 Å². The molecule has 18 heavy (non-hydrogen) atoms. The molecule has 1 heterocycles. The number of rotatable bonds is 4. The Bertz CT molecular complexity index is 534. The molecule has 0 radical (unpaired) electrons. The third-order valence-electron chi connectivity index (χ3n) is 2.71. The van der Waals surface area contributed by atoms with E-state index in [0.717, 1.165) is 6.42 Å². The van der Waals surface area contributed by atoms with Gasteiger partial charge in [-0.05, 0) is 18.6 Å². The van der Waals surface area contributed by atoms with Gasteiger partial charge in [-0.3, -0.25) is 0 Å². The molecule has 0 atom stereocenters. The monoisotopic (exact) mass is 268 g/mol. The van der Waals surface area contributed by atoms with E-state index in [0.29, 0.717) is 28.5 Å². The number of aryl methyl sites for hydroxylation is 1. The summed E-state index contributed by atoms with van der Waals surface area (Å²) in [4.78, 5) is 6.98. The summed E-state index contributed by atoms with van der Waals surface area (Å²) < 4.78 is 13.6. The summed E-state index contributed by atoms with van der Waals surface area (Å²) in [5.74, 6) is 0.137. The number of halogens is 2. The number of imidazole rings is 1. The third kappa shape index (κ3) is 2.64. The van der Waals surface area contributed by atoms with E-state index in [1.165, 1.54) is 6.07 Å². The molecule has 0 aliphatic carbocycles. The maximum absolute atomic E-state index is 13.6. The molecule has 1 aromatic heterocycles. The van der Waals surface area contributed by atoms with Gasteiger partial charge in [-0.2, -0.15) is 4.98 Å². The summed E-state index contributed by atoms with van der Waals surface area (Å²) in [5, 5.41) is 9.97. The first kappa shape index (κ1) is 12.9. The van der Waals surface area contributed by atoms with Gasteiger partial charge in [0.2, 0.25) is 5.88 Å². The number of H-pyrrole nitrogens is 1. The summed E-state index contributed by atoms with van der Waals surface area (Å²) in [6.07, 6.45) is 1.85. The van der Waals surface area contributed by atoms with Crippen LogP contribution in [0.2, 0.25) is 5.02 Å². The fraction of sp³-hybridized carbons (Fsp3) is 0.308. The van der Waals surface area contributed by atoms with E-state index in [9.17, 15) is 9.50 Å². The summed E-state index contributed by atoms with van der Waals surface area (Å²) in [5.41, 5.74) is 1.07. The Balaban J connectivity index is 2.26. The van der Waals surface area contributed by atoms with Crippen LogP contribution in [0.25, 0.3) is 0 Å². The van der Waals surface area contributed by atoms with Crippen LogP contribution in [0.15, 0.2) is 18.2 Å².